The number of aliphatic hydroxyl groups is 3. The van der Waals surface area contributed by atoms with E-state index in [0.29, 0.717) is 5.56 Å². The molecule has 7 rings (SSSR count). The number of nitrogens with two attached hydrogens (primary N) is 1. The Balaban J connectivity index is 1.32. The van der Waals surface area contributed by atoms with E-state index >= 15 is 4.79 Å². The third-order valence-corrected chi connectivity index (χ3v) is 13.8. The molecule has 3 aliphatic carbocycles. The first-order valence-electron chi connectivity index (χ1n) is 20.4. The number of fused-ring (bicyclic) bond motifs is 5. The van der Waals surface area contributed by atoms with Crippen LogP contribution in [0.25, 0.3) is 0 Å². The van der Waals surface area contributed by atoms with Crippen molar-refractivity contribution in [2.24, 2.45) is 27.9 Å². The zero-order valence-electron chi connectivity index (χ0n) is 34.6. The summed E-state index contributed by atoms with van der Waals surface area (Å²) in [6.07, 6.45) is -8.93. The number of aliphatic hydroxyl groups excluding tert-OH is 2. The number of Topliss-reactive ketones (excluding diaryl/α,β-unsaturated/α-hetero) is 2. The average Bonchev–Trinajstić information content (AvgIpc) is 3.22. The minimum Gasteiger partial charge on any atom is -0.456 e. The lowest BCUT2D eigenvalue weighted by molar-refractivity contribution is -0.319. The van der Waals surface area contributed by atoms with Crippen LogP contribution in [0.3, 0.4) is 0 Å². The van der Waals surface area contributed by atoms with Crippen LogP contribution in [0.4, 0.5) is 0 Å². The van der Waals surface area contributed by atoms with Crippen molar-refractivity contribution in [1.29, 1.82) is 0 Å². The standard InChI is InChI=1S/C47H55NO12/c1-27(49)22-46-25-57-34(46)21-33(50)45(5)39(46)41(60-42(53)31-19-13-8-14-20-31)47(55)23-32(28(2)35(44(47,3)4)37(51)40(45)52)59-43(54)38(36(48)30-17-11-7-12-18-30)58-26-56-24-29-15-9-6-10-16-29/h6-20,32-34,36-39,41,50-51,55H,21-26,48H2,1-5H3. The lowest BCUT2D eigenvalue weighted by Gasteiger charge is -2.68. The van der Waals surface area contributed by atoms with Crippen molar-refractivity contribution in [3.05, 3.63) is 119 Å². The highest BCUT2D eigenvalue weighted by Gasteiger charge is 2.76. The van der Waals surface area contributed by atoms with Gasteiger partial charge in [-0.2, -0.15) is 0 Å². The summed E-state index contributed by atoms with van der Waals surface area (Å²) in [5.41, 5.74) is 1.87. The summed E-state index contributed by atoms with van der Waals surface area (Å²) >= 11 is 0. The van der Waals surface area contributed by atoms with Crippen LogP contribution in [-0.4, -0.2) is 94.4 Å². The normalized spacial score (nSPS) is 32.9. The summed E-state index contributed by atoms with van der Waals surface area (Å²) in [5.74, 6) is -4.01. The Morgan fingerprint density at radius 1 is 0.917 bits per heavy atom. The molecule has 1 heterocycles. The molecule has 3 aromatic rings. The predicted molar refractivity (Wildman–Crippen MR) is 217 cm³/mol. The molecule has 4 aliphatic rings. The highest BCUT2D eigenvalue weighted by atomic mass is 16.7. The highest BCUT2D eigenvalue weighted by molar-refractivity contribution is 5.94. The van der Waals surface area contributed by atoms with Crippen molar-refractivity contribution >= 4 is 23.5 Å². The molecule has 320 valence electrons. The maximum atomic E-state index is 15.1. The van der Waals surface area contributed by atoms with Gasteiger partial charge in [0.1, 0.15) is 36.5 Å². The van der Waals surface area contributed by atoms with Crippen LogP contribution in [-0.2, 0) is 44.7 Å². The molecular weight excluding hydrogens is 771 g/mol. The number of carbonyl (C=O) groups excluding carboxylic acids is 4. The minimum atomic E-state index is -2.21. The number of carbonyl (C=O) groups is 4. The van der Waals surface area contributed by atoms with Crippen LogP contribution < -0.4 is 5.73 Å². The van der Waals surface area contributed by atoms with Gasteiger partial charge in [-0.3, -0.25) is 4.79 Å². The lowest BCUT2D eigenvalue weighted by atomic mass is 9.41. The molecule has 60 heavy (non-hydrogen) atoms. The fourth-order valence-corrected chi connectivity index (χ4v) is 10.5. The largest absolute Gasteiger partial charge is 0.456 e. The number of benzene rings is 3. The molecule has 2 bridgehead atoms. The molecule has 1 saturated heterocycles. The third kappa shape index (κ3) is 7.33. The van der Waals surface area contributed by atoms with E-state index in [4.69, 9.17) is 29.4 Å². The van der Waals surface area contributed by atoms with Gasteiger partial charge < -0.3 is 49.5 Å². The maximum absolute atomic E-state index is 15.1. The summed E-state index contributed by atoms with van der Waals surface area (Å²) in [5, 5.41) is 37.9. The van der Waals surface area contributed by atoms with Gasteiger partial charge in [-0.25, -0.2) is 9.59 Å². The van der Waals surface area contributed by atoms with Gasteiger partial charge in [-0.05, 0) is 55.2 Å². The summed E-state index contributed by atoms with van der Waals surface area (Å²) < 4.78 is 30.5. The van der Waals surface area contributed by atoms with Gasteiger partial charge in [-0.1, -0.05) is 92.7 Å². The van der Waals surface area contributed by atoms with Gasteiger partial charge in [0, 0.05) is 36.0 Å². The Morgan fingerprint density at radius 3 is 2.13 bits per heavy atom. The van der Waals surface area contributed by atoms with Gasteiger partial charge in [0.2, 0.25) is 0 Å². The van der Waals surface area contributed by atoms with E-state index in [1.807, 2.05) is 30.3 Å². The number of ketones is 2. The zero-order chi connectivity index (χ0) is 43.2. The van der Waals surface area contributed by atoms with E-state index in [2.05, 4.69) is 0 Å². The molecule has 0 radical (unpaired) electrons. The van der Waals surface area contributed by atoms with Gasteiger partial charge in [0.25, 0.3) is 0 Å². The molecule has 5 N–H and O–H groups in total. The van der Waals surface area contributed by atoms with Crippen LogP contribution in [0.5, 0.6) is 0 Å². The fourth-order valence-electron chi connectivity index (χ4n) is 10.5. The quantitative estimate of drug-likeness (QED) is 0.0810. The summed E-state index contributed by atoms with van der Waals surface area (Å²) in [7, 11) is 0. The Morgan fingerprint density at radius 2 is 1.53 bits per heavy atom. The molecule has 0 aromatic heterocycles. The first kappa shape index (κ1) is 43.5. The molecular formula is C47H55NO12. The Bertz CT molecular complexity index is 2110. The molecule has 11 unspecified atom stereocenters. The second kappa shape index (κ2) is 16.7. The minimum absolute atomic E-state index is 0.0314. The summed E-state index contributed by atoms with van der Waals surface area (Å²) in [6.45, 7) is 7.63. The van der Waals surface area contributed by atoms with Crippen molar-refractivity contribution in [3.8, 4) is 0 Å². The molecule has 0 amide bonds. The molecule has 13 nitrogen and oxygen atoms in total. The summed E-state index contributed by atoms with van der Waals surface area (Å²) in [4.78, 5) is 56.9. The van der Waals surface area contributed by atoms with Crippen molar-refractivity contribution in [3.63, 3.8) is 0 Å². The Labute approximate surface area is 349 Å². The molecule has 2 saturated carbocycles. The first-order chi connectivity index (χ1) is 28.5. The van der Waals surface area contributed by atoms with E-state index in [-0.39, 0.29) is 61.8 Å². The number of rotatable bonds is 13. The monoisotopic (exact) mass is 825 g/mol. The van der Waals surface area contributed by atoms with Crippen LogP contribution in [0.1, 0.15) is 81.4 Å². The maximum Gasteiger partial charge on any atom is 0.338 e. The van der Waals surface area contributed by atoms with Crippen LogP contribution >= 0.6 is 0 Å². The molecule has 3 fully saturated rings. The zero-order valence-corrected chi connectivity index (χ0v) is 34.6. The SMILES string of the molecule is CC(=O)CC12COC1CC(O)C1(C)C(=O)C(O)C3=C(C)C(OC(=O)C(OCOCc4ccccc4)C(N)c4ccccc4)CC(O)(C(OC(=O)c4ccccc4)C21)C3(C)C. The average molecular weight is 826 g/mol. The molecule has 11 atom stereocenters. The molecule has 13 heteroatoms. The van der Waals surface area contributed by atoms with E-state index < -0.39 is 88.2 Å². The van der Waals surface area contributed by atoms with Crippen molar-refractivity contribution in [1.82, 2.24) is 0 Å². The van der Waals surface area contributed by atoms with E-state index in [1.165, 1.54) is 13.8 Å². The topological polar surface area (TPSA) is 201 Å². The second-order valence-electron chi connectivity index (χ2n) is 17.6. The third-order valence-electron chi connectivity index (χ3n) is 13.8. The number of esters is 2. The molecule has 0 spiro atoms. The van der Waals surface area contributed by atoms with Crippen molar-refractivity contribution in [2.45, 2.75) is 109 Å². The predicted octanol–water partition coefficient (Wildman–Crippen LogP) is 4.56. The van der Waals surface area contributed by atoms with Gasteiger partial charge in [-0.15, -0.1) is 0 Å². The first-order valence-corrected chi connectivity index (χ1v) is 20.4. The van der Waals surface area contributed by atoms with E-state index in [9.17, 15) is 29.7 Å². The van der Waals surface area contributed by atoms with E-state index in [0.717, 1.165) is 5.56 Å². The van der Waals surface area contributed by atoms with Crippen molar-refractivity contribution in [2.75, 3.05) is 13.4 Å². The summed E-state index contributed by atoms with van der Waals surface area (Å²) in [6, 6.07) is 25.3. The lowest BCUT2D eigenvalue weighted by Crippen LogP contribution is -2.78. The van der Waals surface area contributed by atoms with Gasteiger partial charge in [0.05, 0.1) is 42.4 Å². The number of ether oxygens (including phenoxy) is 5. The second-order valence-corrected chi connectivity index (χ2v) is 17.6. The van der Waals surface area contributed by atoms with Crippen LogP contribution in [0.15, 0.2) is 102 Å². The smallest absolute Gasteiger partial charge is 0.338 e. The number of hydrogen-bond acceptors (Lipinski definition) is 13. The Kier molecular flexibility index (Phi) is 12.1. The van der Waals surface area contributed by atoms with Crippen LogP contribution in [0.2, 0.25) is 0 Å². The fraction of sp³-hybridized carbons (Fsp3) is 0.489. The van der Waals surface area contributed by atoms with Gasteiger partial charge >= 0.3 is 11.9 Å². The molecule has 3 aromatic carbocycles. The van der Waals surface area contributed by atoms with E-state index in [1.54, 1.807) is 81.4 Å². The Hall–Kier alpha value is -4.60. The highest BCUT2D eigenvalue weighted by Crippen LogP contribution is 2.66. The molecule has 1 aliphatic heterocycles. The van der Waals surface area contributed by atoms with Gasteiger partial charge in [0.15, 0.2) is 11.9 Å². The van der Waals surface area contributed by atoms with Crippen molar-refractivity contribution < 1.29 is 58.2 Å². The van der Waals surface area contributed by atoms with Crippen LogP contribution in [0, 0.1) is 22.2 Å². The number of hydrogen-bond donors (Lipinski definition) is 4.